The highest BCUT2D eigenvalue weighted by Crippen LogP contribution is 2.45. The highest BCUT2D eigenvalue weighted by molar-refractivity contribution is 5.80. The maximum Gasteiger partial charge on any atom is 0.435 e. The number of ether oxygens (including phenoxy) is 1. The first kappa shape index (κ1) is 24.0. The lowest BCUT2D eigenvalue weighted by Gasteiger charge is -2.10. The molecular weight excluding hydrogens is 497 g/mol. The number of methoxy groups -OCH3 is 1. The Labute approximate surface area is 215 Å². The summed E-state index contributed by atoms with van der Waals surface area (Å²) in [6.45, 7) is 1.59. The van der Waals surface area contributed by atoms with Crippen molar-refractivity contribution < 1.29 is 17.9 Å². The molecule has 4 heterocycles. The van der Waals surface area contributed by atoms with Crippen LogP contribution in [0.5, 0.6) is 5.88 Å². The average molecular weight is 521 g/mol. The molecule has 1 aliphatic rings. The molecule has 0 amide bonds. The van der Waals surface area contributed by atoms with Crippen molar-refractivity contribution in [1.29, 1.82) is 0 Å². The van der Waals surface area contributed by atoms with Crippen molar-refractivity contribution >= 4 is 11.0 Å². The van der Waals surface area contributed by atoms with E-state index in [2.05, 4.69) is 25.1 Å². The molecule has 194 valence electrons. The molecule has 0 atom stereocenters. The summed E-state index contributed by atoms with van der Waals surface area (Å²) in [5.41, 5.74) is 4.76. The zero-order valence-electron chi connectivity index (χ0n) is 20.9. The van der Waals surface area contributed by atoms with Crippen molar-refractivity contribution in [3.8, 4) is 23.0 Å². The van der Waals surface area contributed by atoms with Gasteiger partial charge in [-0.3, -0.25) is 4.68 Å². The van der Waals surface area contributed by atoms with E-state index in [9.17, 15) is 13.2 Å². The van der Waals surface area contributed by atoms with E-state index in [-0.39, 0.29) is 0 Å². The predicted octanol–water partition coefficient (Wildman–Crippen LogP) is 4.81. The van der Waals surface area contributed by atoms with Gasteiger partial charge in [0.1, 0.15) is 22.9 Å². The molecule has 1 saturated carbocycles. The van der Waals surface area contributed by atoms with Gasteiger partial charge < -0.3 is 4.74 Å². The summed E-state index contributed by atoms with van der Waals surface area (Å²) in [7, 11) is 3.40. The Balaban J connectivity index is 1.34. The number of alkyl halides is 3. The van der Waals surface area contributed by atoms with E-state index in [0.29, 0.717) is 46.5 Å². The third-order valence-corrected chi connectivity index (χ3v) is 6.62. The summed E-state index contributed by atoms with van der Waals surface area (Å²) >= 11 is 0. The molecule has 0 bridgehead atoms. The first-order valence-corrected chi connectivity index (χ1v) is 12.0. The highest BCUT2D eigenvalue weighted by Gasteiger charge is 2.34. The molecule has 1 aliphatic carbocycles. The number of halogens is 3. The molecule has 0 saturated heterocycles. The third kappa shape index (κ3) is 4.25. The van der Waals surface area contributed by atoms with Gasteiger partial charge in [0.25, 0.3) is 0 Å². The van der Waals surface area contributed by atoms with Crippen LogP contribution in [0.4, 0.5) is 13.2 Å². The number of hydrogen-bond acceptors (Lipinski definition) is 7. The number of hydrogen-bond donors (Lipinski definition) is 0. The molecule has 0 aliphatic heterocycles. The fraction of sp³-hybridized carbons (Fsp3) is 0.308. The molecule has 1 aromatic carbocycles. The molecule has 9 nitrogen and oxygen atoms in total. The van der Waals surface area contributed by atoms with Crippen LogP contribution in [0, 0.1) is 6.92 Å². The van der Waals surface area contributed by atoms with E-state index in [1.165, 1.54) is 11.0 Å². The SMILES string of the molecule is COc1ncnc(C2CC2)c1-c1ncc2c(n1)c(Cc1ccc(-n3nc(C(F)(F)F)cc3C)cc1)nn2C. The number of benzene rings is 1. The lowest BCUT2D eigenvalue weighted by molar-refractivity contribution is -0.141. The van der Waals surface area contributed by atoms with Crippen molar-refractivity contribution in [2.24, 2.45) is 7.05 Å². The van der Waals surface area contributed by atoms with Crippen LogP contribution in [0.15, 0.2) is 42.9 Å². The van der Waals surface area contributed by atoms with Gasteiger partial charge in [-0.05, 0) is 43.5 Å². The molecule has 12 heteroatoms. The molecule has 0 unspecified atom stereocenters. The first-order valence-electron chi connectivity index (χ1n) is 12.0. The number of nitrogens with zero attached hydrogens (tertiary/aromatic N) is 8. The van der Waals surface area contributed by atoms with Crippen molar-refractivity contribution in [1.82, 2.24) is 39.5 Å². The highest BCUT2D eigenvalue weighted by atomic mass is 19.4. The first-order chi connectivity index (χ1) is 18.2. The lowest BCUT2D eigenvalue weighted by Crippen LogP contribution is -2.07. The fourth-order valence-electron chi connectivity index (χ4n) is 4.58. The second-order valence-electron chi connectivity index (χ2n) is 9.34. The van der Waals surface area contributed by atoms with Crippen molar-refractivity contribution in [2.75, 3.05) is 7.11 Å². The maximum absolute atomic E-state index is 13.1. The van der Waals surface area contributed by atoms with E-state index in [1.807, 2.05) is 19.2 Å². The molecule has 5 aromatic rings. The van der Waals surface area contributed by atoms with Gasteiger partial charge in [-0.1, -0.05) is 12.1 Å². The average Bonchev–Trinajstić information content (AvgIpc) is 3.61. The standard InChI is InChI=1S/C26H23F3N8O/c1-14-10-20(26(27,28)29)35-37(14)17-8-4-15(5-9-17)11-18-23-19(36(2)34-18)12-30-24(33-23)21-22(16-6-7-16)31-13-32-25(21)38-3/h4-5,8-10,12-13,16H,6-7,11H2,1-3H3. The summed E-state index contributed by atoms with van der Waals surface area (Å²) in [6, 6.07) is 8.23. The van der Waals surface area contributed by atoms with Gasteiger partial charge in [0.15, 0.2) is 11.5 Å². The number of rotatable bonds is 6. The fourth-order valence-corrected chi connectivity index (χ4v) is 4.58. The minimum absolute atomic E-state index is 0.346. The minimum atomic E-state index is -4.49. The van der Waals surface area contributed by atoms with Crippen LogP contribution >= 0.6 is 0 Å². The molecule has 0 spiro atoms. The monoisotopic (exact) mass is 520 g/mol. The van der Waals surface area contributed by atoms with Gasteiger partial charge >= 0.3 is 6.18 Å². The molecule has 1 fully saturated rings. The van der Waals surface area contributed by atoms with Crippen LogP contribution in [0.1, 0.15) is 47.1 Å². The van der Waals surface area contributed by atoms with Crippen molar-refractivity contribution in [2.45, 2.75) is 38.3 Å². The van der Waals surface area contributed by atoms with Gasteiger partial charge in [-0.15, -0.1) is 0 Å². The topological polar surface area (TPSA) is 96.4 Å². The predicted molar refractivity (Wildman–Crippen MR) is 132 cm³/mol. The smallest absolute Gasteiger partial charge is 0.435 e. The summed E-state index contributed by atoms with van der Waals surface area (Å²) in [5.74, 6) is 1.26. The van der Waals surface area contributed by atoms with Crippen LogP contribution in [-0.4, -0.2) is 46.6 Å². The Morgan fingerprint density at radius 1 is 1.05 bits per heavy atom. The van der Waals surface area contributed by atoms with E-state index < -0.39 is 11.9 Å². The van der Waals surface area contributed by atoms with E-state index in [1.54, 1.807) is 37.0 Å². The van der Waals surface area contributed by atoms with Crippen LogP contribution in [0.2, 0.25) is 0 Å². The second kappa shape index (κ2) is 8.89. The summed E-state index contributed by atoms with van der Waals surface area (Å²) in [4.78, 5) is 18.2. The number of fused-ring (bicyclic) bond motifs is 1. The lowest BCUT2D eigenvalue weighted by atomic mass is 10.1. The normalized spacial score (nSPS) is 13.8. The van der Waals surface area contributed by atoms with E-state index in [0.717, 1.165) is 41.4 Å². The van der Waals surface area contributed by atoms with Gasteiger partial charge in [0.2, 0.25) is 5.88 Å². The largest absolute Gasteiger partial charge is 0.480 e. The molecular formula is C26H23F3N8O. The molecule has 38 heavy (non-hydrogen) atoms. The third-order valence-electron chi connectivity index (χ3n) is 6.62. The van der Waals surface area contributed by atoms with E-state index in [4.69, 9.17) is 9.72 Å². The van der Waals surface area contributed by atoms with Crippen LogP contribution in [0.25, 0.3) is 28.1 Å². The molecule has 6 rings (SSSR count). The number of aryl methyl sites for hydroxylation is 2. The van der Waals surface area contributed by atoms with Crippen molar-refractivity contribution in [3.63, 3.8) is 0 Å². The van der Waals surface area contributed by atoms with Crippen LogP contribution in [-0.2, 0) is 19.6 Å². The Morgan fingerprint density at radius 2 is 1.82 bits per heavy atom. The Kier molecular flexibility index (Phi) is 5.62. The number of aromatic nitrogens is 8. The summed E-state index contributed by atoms with van der Waals surface area (Å²) < 4.78 is 47.7. The Hall–Kier alpha value is -4.35. The Bertz CT molecular complexity index is 1650. The summed E-state index contributed by atoms with van der Waals surface area (Å²) in [6.07, 6.45) is 1.32. The Morgan fingerprint density at radius 3 is 2.47 bits per heavy atom. The van der Waals surface area contributed by atoms with Crippen molar-refractivity contribution in [3.05, 3.63) is 71.2 Å². The quantitative estimate of drug-likeness (QED) is 0.317. The van der Waals surface area contributed by atoms with Crippen LogP contribution < -0.4 is 4.74 Å². The van der Waals surface area contributed by atoms with Gasteiger partial charge in [0.05, 0.1) is 30.4 Å². The zero-order chi connectivity index (χ0) is 26.6. The van der Waals surface area contributed by atoms with Gasteiger partial charge in [-0.25, -0.2) is 24.6 Å². The minimum Gasteiger partial charge on any atom is -0.480 e. The molecule has 4 aromatic heterocycles. The van der Waals surface area contributed by atoms with Gasteiger partial charge in [0, 0.05) is 25.1 Å². The van der Waals surface area contributed by atoms with Gasteiger partial charge in [-0.2, -0.15) is 23.4 Å². The zero-order valence-corrected chi connectivity index (χ0v) is 20.9. The van der Waals surface area contributed by atoms with E-state index >= 15 is 0 Å². The molecule has 0 N–H and O–H groups in total. The second-order valence-corrected chi connectivity index (χ2v) is 9.34. The van der Waals surface area contributed by atoms with Crippen LogP contribution in [0.3, 0.4) is 0 Å². The maximum atomic E-state index is 13.1. The summed E-state index contributed by atoms with van der Waals surface area (Å²) in [5, 5.41) is 8.39. The molecule has 0 radical (unpaired) electrons.